The molecule has 10 heteroatoms. The van der Waals surface area contributed by atoms with Crippen molar-refractivity contribution in [3.8, 4) is 11.5 Å². The highest BCUT2D eigenvalue weighted by molar-refractivity contribution is 8.00. The Bertz CT molecular complexity index is 1510. The topological polar surface area (TPSA) is 134 Å². The SMILES string of the molecule is COc1ccc(C(c2ccccc2)(c2ccc(OC)cc2)C(O)[C@H]2SC(n3ccc(=O)[nH]c3=O)[C@H](O)[C@@H]2O)cc1. The summed E-state index contributed by atoms with van der Waals surface area (Å²) in [5, 5.41) is 32.9. The fraction of sp³-hybridized carbons (Fsp3) is 0.267. The second-order valence-corrected chi connectivity index (χ2v) is 10.9. The Labute approximate surface area is 234 Å². The number of ether oxygens (including phenoxy) is 2. The van der Waals surface area contributed by atoms with Crippen LogP contribution in [0.1, 0.15) is 22.1 Å². The van der Waals surface area contributed by atoms with Crippen LogP contribution < -0.4 is 20.7 Å². The fourth-order valence-electron chi connectivity index (χ4n) is 5.47. The normalized spacial score (nSPS) is 21.6. The number of rotatable bonds is 8. The zero-order valence-electron chi connectivity index (χ0n) is 21.9. The monoisotopic (exact) mass is 562 g/mol. The molecule has 0 aliphatic carbocycles. The smallest absolute Gasteiger partial charge is 0.329 e. The molecule has 1 saturated heterocycles. The van der Waals surface area contributed by atoms with E-state index in [1.54, 1.807) is 38.5 Å². The molecule has 2 heterocycles. The third kappa shape index (κ3) is 4.73. The molecule has 1 aromatic heterocycles. The predicted octanol–water partition coefficient (Wildman–Crippen LogP) is 2.29. The number of benzene rings is 3. The molecule has 0 amide bonds. The van der Waals surface area contributed by atoms with Crippen LogP contribution in [0.25, 0.3) is 0 Å². The van der Waals surface area contributed by atoms with Crippen LogP contribution in [0.3, 0.4) is 0 Å². The number of aliphatic hydroxyl groups excluding tert-OH is 3. The minimum Gasteiger partial charge on any atom is -0.497 e. The first-order valence-corrected chi connectivity index (χ1v) is 13.6. The molecule has 0 saturated carbocycles. The van der Waals surface area contributed by atoms with Gasteiger partial charge in [0.1, 0.15) is 23.0 Å². The minimum atomic E-state index is -1.40. The van der Waals surface area contributed by atoms with Gasteiger partial charge in [0.05, 0.1) is 37.1 Å². The van der Waals surface area contributed by atoms with Crippen molar-refractivity contribution in [1.82, 2.24) is 9.55 Å². The second-order valence-electron chi connectivity index (χ2n) is 9.57. The second kappa shape index (κ2) is 11.3. The van der Waals surface area contributed by atoms with E-state index in [1.807, 2.05) is 54.6 Å². The summed E-state index contributed by atoms with van der Waals surface area (Å²) in [6.07, 6.45) is -2.81. The zero-order chi connectivity index (χ0) is 28.4. The van der Waals surface area contributed by atoms with E-state index in [4.69, 9.17) is 9.47 Å². The van der Waals surface area contributed by atoms with E-state index in [2.05, 4.69) is 4.98 Å². The number of H-pyrrole nitrogens is 1. The van der Waals surface area contributed by atoms with Gasteiger partial charge in [-0.1, -0.05) is 54.6 Å². The molecule has 5 rings (SSSR count). The van der Waals surface area contributed by atoms with Crippen molar-refractivity contribution < 1.29 is 24.8 Å². The van der Waals surface area contributed by atoms with Crippen LogP contribution in [-0.4, -0.2) is 62.7 Å². The summed E-state index contributed by atoms with van der Waals surface area (Å²) in [5.74, 6) is 1.27. The molecule has 0 radical (unpaired) electrons. The maximum absolute atomic E-state index is 12.6. The van der Waals surface area contributed by atoms with Gasteiger partial charge in [0.2, 0.25) is 0 Å². The molecule has 1 aliphatic heterocycles. The van der Waals surface area contributed by atoms with Crippen LogP contribution in [0.4, 0.5) is 0 Å². The summed E-state index contributed by atoms with van der Waals surface area (Å²) in [6, 6.07) is 25.3. The zero-order valence-corrected chi connectivity index (χ0v) is 22.7. The van der Waals surface area contributed by atoms with Crippen molar-refractivity contribution in [2.24, 2.45) is 0 Å². The van der Waals surface area contributed by atoms with Gasteiger partial charge in [-0.05, 0) is 41.0 Å². The highest BCUT2D eigenvalue weighted by atomic mass is 32.2. The molecule has 9 nitrogen and oxygen atoms in total. The molecule has 0 spiro atoms. The van der Waals surface area contributed by atoms with Crippen LogP contribution in [0, 0.1) is 0 Å². The van der Waals surface area contributed by atoms with E-state index in [0.29, 0.717) is 11.5 Å². The van der Waals surface area contributed by atoms with Crippen molar-refractivity contribution in [3.63, 3.8) is 0 Å². The first-order valence-electron chi connectivity index (χ1n) is 12.7. The van der Waals surface area contributed by atoms with Gasteiger partial charge < -0.3 is 24.8 Å². The van der Waals surface area contributed by atoms with Crippen molar-refractivity contribution in [3.05, 3.63) is 129 Å². The van der Waals surface area contributed by atoms with Gasteiger partial charge in [-0.3, -0.25) is 14.3 Å². The summed E-state index contributed by atoms with van der Waals surface area (Å²) in [6.45, 7) is 0. The average molecular weight is 563 g/mol. The summed E-state index contributed by atoms with van der Waals surface area (Å²) < 4.78 is 11.9. The molecule has 4 aromatic rings. The number of nitrogens with one attached hydrogen (secondary N) is 1. The van der Waals surface area contributed by atoms with Crippen molar-refractivity contribution >= 4 is 11.8 Å². The predicted molar refractivity (Wildman–Crippen MR) is 152 cm³/mol. The van der Waals surface area contributed by atoms with E-state index in [0.717, 1.165) is 33.0 Å². The first-order chi connectivity index (χ1) is 19.3. The number of nitrogens with zero attached hydrogens (tertiary/aromatic N) is 1. The Hall–Kier alpha value is -3.83. The molecule has 2 unspecified atom stereocenters. The molecule has 1 aliphatic rings. The first kappa shape index (κ1) is 27.7. The lowest BCUT2D eigenvalue weighted by Crippen LogP contribution is -2.51. The number of methoxy groups -OCH3 is 2. The average Bonchev–Trinajstić information content (AvgIpc) is 3.28. The molecule has 5 atom stereocenters. The minimum absolute atomic E-state index is 0.571. The third-order valence-corrected chi connectivity index (χ3v) is 9.11. The van der Waals surface area contributed by atoms with E-state index < -0.39 is 45.6 Å². The van der Waals surface area contributed by atoms with Gasteiger partial charge in [-0.25, -0.2) is 4.79 Å². The molecule has 0 bridgehead atoms. The lowest BCUT2D eigenvalue weighted by atomic mass is 9.64. The van der Waals surface area contributed by atoms with Gasteiger partial charge >= 0.3 is 5.69 Å². The van der Waals surface area contributed by atoms with E-state index in [9.17, 15) is 24.9 Å². The standard InChI is InChI=1S/C30H30N2O7S/c1-38-21-12-8-19(9-13-21)30(18-6-4-3-5-7-18,20-10-14-22(39-2)15-11-20)27(36)26-24(34)25(35)28(40-26)32-17-16-23(33)31-29(32)37/h3-17,24-28,34-36H,1-2H3,(H,31,33,37)/t24-,25+,26-,27?,28?/m0/s1. The van der Waals surface area contributed by atoms with Crippen LogP contribution >= 0.6 is 11.8 Å². The number of thioether (sulfide) groups is 1. The van der Waals surface area contributed by atoms with Crippen molar-refractivity contribution in [2.75, 3.05) is 14.2 Å². The summed E-state index contributed by atoms with van der Waals surface area (Å²) in [5.41, 5.74) is -0.301. The summed E-state index contributed by atoms with van der Waals surface area (Å²) in [4.78, 5) is 26.4. The molecule has 3 aromatic carbocycles. The van der Waals surface area contributed by atoms with Crippen molar-refractivity contribution in [2.45, 2.75) is 34.4 Å². The van der Waals surface area contributed by atoms with Crippen LogP contribution in [0.15, 0.2) is 101 Å². The quantitative estimate of drug-likeness (QED) is 0.241. The Morgan fingerprint density at radius 1 is 0.800 bits per heavy atom. The highest BCUT2D eigenvalue weighted by Gasteiger charge is 2.54. The molecule has 4 N–H and O–H groups in total. The lowest BCUT2D eigenvalue weighted by Gasteiger charge is -2.43. The van der Waals surface area contributed by atoms with Crippen molar-refractivity contribution in [1.29, 1.82) is 0 Å². The van der Waals surface area contributed by atoms with Gasteiger partial charge in [0.25, 0.3) is 5.56 Å². The van der Waals surface area contributed by atoms with Gasteiger partial charge in [-0.15, -0.1) is 11.8 Å². The van der Waals surface area contributed by atoms with E-state index >= 15 is 0 Å². The number of hydrogen-bond acceptors (Lipinski definition) is 8. The highest BCUT2D eigenvalue weighted by Crippen LogP contribution is 2.51. The lowest BCUT2D eigenvalue weighted by molar-refractivity contribution is -0.0122. The molecular weight excluding hydrogens is 532 g/mol. The fourth-order valence-corrected chi connectivity index (χ4v) is 7.09. The van der Waals surface area contributed by atoms with Gasteiger partial charge in [0.15, 0.2) is 0 Å². The Kier molecular flexibility index (Phi) is 7.86. The van der Waals surface area contributed by atoms with E-state index in [-0.39, 0.29) is 0 Å². The largest absolute Gasteiger partial charge is 0.497 e. The van der Waals surface area contributed by atoms with Crippen LogP contribution in [0.2, 0.25) is 0 Å². The van der Waals surface area contributed by atoms with Gasteiger partial charge in [0, 0.05) is 12.3 Å². The van der Waals surface area contributed by atoms with E-state index in [1.165, 1.54) is 12.3 Å². The summed E-state index contributed by atoms with van der Waals surface area (Å²) in [7, 11) is 3.15. The Balaban J connectivity index is 1.70. The number of aromatic amines is 1. The number of aromatic nitrogens is 2. The number of aliphatic hydroxyl groups is 3. The maximum atomic E-state index is 12.6. The van der Waals surface area contributed by atoms with Gasteiger partial charge in [-0.2, -0.15) is 0 Å². The Morgan fingerprint density at radius 3 is 1.82 bits per heavy atom. The molecule has 1 fully saturated rings. The third-order valence-electron chi connectivity index (χ3n) is 7.48. The number of hydrogen-bond donors (Lipinski definition) is 4. The van der Waals surface area contributed by atoms with Crippen LogP contribution in [0.5, 0.6) is 11.5 Å². The summed E-state index contributed by atoms with van der Waals surface area (Å²) >= 11 is 1.08. The molecular formula is C30H30N2O7S. The maximum Gasteiger partial charge on any atom is 0.329 e. The molecule has 40 heavy (non-hydrogen) atoms. The molecule has 208 valence electrons. The Morgan fingerprint density at radius 2 is 1.32 bits per heavy atom. The van der Waals surface area contributed by atoms with Crippen LogP contribution in [-0.2, 0) is 5.41 Å².